The van der Waals surface area contributed by atoms with Crippen molar-refractivity contribution in [2.45, 2.75) is 39.2 Å². The summed E-state index contributed by atoms with van der Waals surface area (Å²) in [5.41, 5.74) is 7.46. The minimum absolute atomic E-state index is 0.0395. The van der Waals surface area contributed by atoms with Crippen molar-refractivity contribution >= 4 is 11.7 Å². The Labute approximate surface area is 117 Å². The van der Waals surface area contributed by atoms with Crippen LogP contribution in [0.2, 0.25) is 0 Å². The Balaban J connectivity index is 2.20. The molecule has 1 aliphatic carbocycles. The number of carbonyl (C=O) groups is 1. The molecule has 0 radical (unpaired) electrons. The molecule has 2 rings (SSSR count). The monoisotopic (exact) mass is 277 g/mol. The minimum atomic E-state index is -0.425. The summed E-state index contributed by atoms with van der Waals surface area (Å²) in [7, 11) is 0. The van der Waals surface area contributed by atoms with E-state index in [4.69, 9.17) is 10.9 Å². The SMILES string of the molecule is CCc1nnc(C)cc1C(=O)NC(C(N)=NO)C1CC1. The first-order valence-corrected chi connectivity index (χ1v) is 6.68. The average molecular weight is 277 g/mol. The number of aromatic nitrogens is 2. The number of hydrogen-bond acceptors (Lipinski definition) is 5. The van der Waals surface area contributed by atoms with Gasteiger partial charge in [-0.25, -0.2) is 0 Å². The highest BCUT2D eigenvalue weighted by Crippen LogP contribution is 2.32. The van der Waals surface area contributed by atoms with Gasteiger partial charge in [-0.2, -0.15) is 10.2 Å². The lowest BCUT2D eigenvalue weighted by Crippen LogP contribution is -2.46. The van der Waals surface area contributed by atoms with Crippen LogP contribution in [0, 0.1) is 12.8 Å². The van der Waals surface area contributed by atoms with Crippen molar-refractivity contribution in [1.29, 1.82) is 0 Å². The summed E-state index contributed by atoms with van der Waals surface area (Å²) in [4.78, 5) is 12.4. The van der Waals surface area contributed by atoms with Crippen LogP contribution in [0.25, 0.3) is 0 Å². The zero-order chi connectivity index (χ0) is 14.7. The molecule has 20 heavy (non-hydrogen) atoms. The molecule has 1 heterocycles. The van der Waals surface area contributed by atoms with Gasteiger partial charge in [0.05, 0.1) is 23.0 Å². The van der Waals surface area contributed by atoms with Crippen molar-refractivity contribution in [2.75, 3.05) is 0 Å². The number of amides is 1. The number of nitrogens with one attached hydrogen (secondary N) is 1. The van der Waals surface area contributed by atoms with E-state index >= 15 is 0 Å². The van der Waals surface area contributed by atoms with Gasteiger partial charge in [-0.15, -0.1) is 0 Å². The lowest BCUT2D eigenvalue weighted by atomic mass is 10.1. The lowest BCUT2D eigenvalue weighted by molar-refractivity contribution is 0.0941. The zero-order valence-corrected chi connectivity index (χ0v) is 11.6. The molecule has 1 aromatic rings. The number of nitrogens with two attached hydrogens (primary N) is 1. The van der Waals surface area contributed by atoms with E-state index in [0.717, 1.165) is 12.8 Å². The summed E-state index contributed by atoms with van der Waals surface area (Å²) in [5, 5.41) is 22.6. The molecule has 7 heteroatoms. The van der Waals surface area contributed by atoms with Crippen molar-refractivity contribution in [3.8, 4) is 0 Å². The fourth-order valence-electron chi connectivity index (χ4n) is 2.12. The molecule has 108 valence electrons. The highest BCUT2D eigenvalue weighted by atomic mass is 16.4. The molecule has 1 amide bonds. The van der Waals surface area contributed by atoms with Gasteiger partial charge in [0.1, 0.15) is 0 Å². The lowest BCUT2D eigenvalue weighted by Gasteiger charge is -2.17. The molecule has 1 fully saturated rings. The van der Waals surface area contributed by atoms with E-state index in [2.05, 4.69) is 20.7 Å². The van der Waals surface area contributed by atoms with Crippen LogP contribution >= 0.6 is 0 Å². The Morgan fingerprint density at radius 2 is 2.30 bits per heavy atom. The summed E-state index contributed by atoms with van der Waals surface area (Å²) in [5.74, 6) is 0.0248. The van der Waals surface area contributed by atoms with E-state index in [1.165, 1.54) is 0 Å². The summed E-state index contributed by atoms with van der Waals surface area (Å²) in [6.07, 6.45) is 2.55. The molecule has 0 aromatic carbocycles. The maximum absolute atomic E-state index is 12.4. The summed E-state index contributed by atoms with van der Waals surface area (Å²) in [6.45, 7) is 3.70. The minimum Gasteiger partial charge on any atom is -0.409 e. The molecule has 7 nitrogen and oxygen atoms in total. The van der Waals surface area contributed by atoms with Crippen LogP contribution in [0.1, 0.15) is 41.5 Å². The second kappa shape index (κ2) is 5.85. The van der Waals surface area contributed by atoms with Crippen molar-refractivity contribution < 1.29 is 10.0 Å². The highest BCUT2D eigenvalue weighted by Gasteiger charge is 2.35. The topological polar surface area (TPSA) is 113 Å². The van der Waals surface area contributed by atoms with Crippen LogP contribution in [-0.2, 0) is 6.42 Å². The van der Waals surface area contributed by atoms with Crippen LogP contribution < -0.4 is 11.1 Å². The van der Waals surface area contributed by atoms with Crippen molar-refractivity contribution in [3.05, 3.63) is 23.0 Å². The number of nitrogens with zero attached hydrogens (tertiary/aromatic N) is 3. The van der Waals surface area contributed by atoms with Crippen LogP contribution in [0.5, 0.6) is 0 Å². The maximum atomic E-state index is 12.4. The Morgan fingerprint density at radius 3 is 2.85 bits per heavy atom. The van der Waals surface area contributed by atoms with Gasteiger partial charge in [-0.05, 0) is 38.2 Å². The first kappa shape index (κ1) is 14.2. The Hall–Kier alpha value is -2.18. The zero-order valence-electron chi connectivity index (χ0n) is 11.6. The van der Waals surface area contributed by atoms with Gasteiger partial charge in [-0.3, -0.25) is 4.79 Å². The molecule has 0 spiro atoms. The molecule has 1 saturated carbocycles. The Bertz CT molecular complexity index is 540. The fraction of sp³-hybridized carbons (Fsp3) is 0.538. The number of hydrogen-bond donors (Lipinski definition) is 3. The van der Waals surface area contributed by atoms with E-state index < -0.39 is 6.04 Å². The standard InChI is InChI=1S/C13H19N5O2/c1-3-10-9(6-7(2)16-17-10)13(19)15-11(8-4-5-8)12(14)18-20/h6,8,11,20H,3-5H2,1-2H3,(H2,14,18)(H,15,19). The summed E-state index contributed by atoms with van der Waals surface area (Å²) < 4.78 is 0. The molecule has 0 bridgehead atoms. The number of carbonyl (C=O) groups excluding carboxylic acids is 1. The average Bonchev–Trinajstić information content (AvgIpc) is 3.28. The molecule has 1 aromatic heterocycles. The van der Waals surface area contributed by atoms with E-state index in [9.17, 15) is 4.79 Å². The largest absolute Gasteiger partial charge is 0.409 e. The maximum Gasteiger partial charge on any atom is 0.253 e. The van der Waals surface area contributed by atoms with E-state index in [1.54, 1.807) is 13.0 Å². The molecule has 0 aliphatic heterocycles. The number of aryl methyl sites for hydroxylation is 2. The van der Waals surface area contributed by atoms with Gasteiger partial charge >= 0.3 is 0 Å². The second-order valence-electron chi connectivity index (χ2n) is 5.01. The highest BCUT2D eigenvalue weighted by molar-refractivity contribution is 5.99. The van der Waals surface area contributed by atoms with Crippen molar-refractivity contribution in [2.24, 2.45) is 16.8 Å². The van der Waals surface area contributed by atoms with Gasteiger partial charge < -0.3 is 16.3 Å². The normalized spacial score (nSPS) is 16.8. The quantitative estimate of drug-likeness (QED) is 0.316. The number of oxime groups is 1. The van der Waals surface area contributed by atoms with Crippen LogP contribution in [0.3, 0.4) is 0 Å². The molecular formula is C13H19N5O2. The molecule has 4 N–H and O–H groups in total. The van der Waals surface area contributed by atoms with E-state index in [0.29, 0.717) is 23.4 Å². The smallest absolute Gasteiger partial charge is 0.253 e. The van der Waals surface area contributed by atoms with Crippen molar-refractivity contribution in [1.82, 2.24) is 15.5 Å². The Morgan fingerprint density at radius 1 is 1.60 bits per heavy atom. The first-order chi connectivity index (χ1) is 9.56. The van der Waals surface area contributed by atoms with Crippen LogP contribution in [-0.4, -0.2) is 33.2 Å². The Kier molecular flexibility index (Phi) is 4.16. The second-order valence-corrected chi connectivity index (χ2v) is 5.01. The third kappa shape index (κ3) is 3.04. The van der Waals surface area contributed by atoms with Gasteiger partial charge in [0.15, 0.2) is 5.84 Å². The van der Waals surface area contributed by atoms with Crippen LogP contribution in [0.15, 0.2) is 11.2 Å². The van der Waals surface area contributed by atoms with Crippen LogP contribution in [0.4, 0.5) is 0 Å². The number of rotatable bonds is 5. The molecule has 1 aliphatic rings. The molecular weight excluding hydrogens is 258 g/mol. The number of amidine groups is 1. The van der Waals surface area contributed by atoms with E-state index in [1.807, 2.05) is 6.92 Å². The van der Waals surface area contributed by atoms with Crippen molar-refractivity contribution in [3.63, 3.8) is 0 Å². The van der Waals surface area contributed by atoms with E-state index in [-0.39, 0.29) is 17.7 Å². The predicted octanol–water partition coefficient (Wildman–Crippen LogP) is 0.602. The van der Waals surface area contributed by atoms with Gasteiger partial charge in [-0.1, -0.05) is 12.1 Å². The third-order valence-corrected chi connectivity index (χ3v) is 3.39. The summed E-state index contributed by atoms with van der Waals surface area (Å²) >= 11 is 0. The molecule has 1 unspecified atom stereocenters. The molecule has 1 atom stereocenters. The van der Waals surface area contributed by atoms with Gasteiger partial charge in [0, 0.05) is 0 Å². The predicted molar refractivity (Wildman–Crippen MR) is 73.5 cm³/mol. The molecule has 0 saturated heterocycles. The summed E-state index contributed by atoms with van der Waals surface area (Å²) in [6, 6.07) is 1.28. The first-order valence-electron chi connectivity index (χ1n) is 6.68. The van der Waals surface area contributed by atoms with Gasteiger partial charge in [0.2, 0.25) is 0 Å². The van der Waals surface area contributed by atoms with Gasteiger partial charge in [0.25, 0.3) is 5.91 Å². The fourth-order valence-corrected chi connectivity index (χ4v) is 2.12. The third-order valence-electron chi connectivity index (χ3n) is 3.39.